The van der Waals surface area contributed by atoms with Crippen molar-refractivity contribution in [3.05, 3.63) is 53.1 Å². The topological polar surface area (TPSA) is 35.5 Å². The molecule has 0 aromatic heterocycles. The van der Waals surface area contributed by atoms with Crippen LogP contribution in [0.2, 0.25) is 0 Å². The number of nitrogens with one attached hydrogen (secondary N) is 1. The second-order valence-corrected chi connectivity index (χ2v) is 7.17. The molecule has 1 aromatic carbocycles. The van der Waals surface area contributed by atoms with Crippen molar-refractivity contribution < 1.29 is 5.11 Å². The van der Waals surface area contributed by atoms with E-state index in [0.717, 1.165) is 25.9 Å². The fourth-order valence-electron chi connectivity index (χ4n) is 5.58. The number of fused-ring (bicyclic) bond motifs is 2. The zero-order valence-corrected chi connectivity index (χ0v) is 13.0. The van der Waals surface area contributed by atoms with E-state index in [1.165, 1.54) is 22.4 Å². The van der Waals surface area contributed by atoms with E-state index in [-0.39, 0.29) is 17.7 Å². The van der Waals surface area contributed by atoms with Crippen LogP contribution in [0.25, 0.3) is 0 Å². The molecule has 3 atom stereocenters. The number of anilines is 1. The fraction of sp³-hybridized carbons (Fsp3) is 0.474. The summed E-state index contributed by atoms with van der Waals surface area (Å²) in [5.41, 5.74) is 5.46. The predicted molar refractivity (Wildman–Crippen MR) is 87.7 cm³/mol. The van der Waals surface area contributed by atoms with Crippen LogP contribution in [0.1, 0.15) is 25.3 Å². The van der Waals surface area contributed by atoms with Gasteiger partial charge in [0.25, 0.3) is 0 Å². The van der Waals surface area contributed by atoms with Gasteiger partial charge in [-0.2, -0.15) is 0 Å². The van der Waals surface area contributed by atoms with E-state index < -0.39 is 0 Å². The summed E-state index contributed by atoms with van der Waals surface area (Å²) in [6, 6.07) is 8.75. The van der Waals surface area contributed by atoms with Gasteiger partial charge in [0.15, 0.2) is 0 Å². The second-order valence-electron chi connectivity index (χ2n) is 7.17. The molecule has 2 bridgehead atoms. The molecule has 3 heterocycles. The van der Waals surface area contributed by atoms with Crippen LogP contribution in [-0.2, 0) is 5.41 Å². The molecule has 3 nitrogen and oxygen atoms in total. The highest BCUT2D eigenvalue weighted by Gasteiger charge is 2.67. The number of hydrogen-bond acceptors (Lipinski definition) is 3. The number of para-hydroxylation sites is 1. The lowest BCUT2D eigenvalue weighted by molar-refractivity contribution is 0.0821. The molecule has 1 aliphatic carbocycles. The normalized spacial score (nSPS) is 40.2. The van der Waals surface area contributed by atoms with Gasteiger partial charge >= 0.3 is 0 Å². The van der Waals surface area contributed by atoms with Crippen LogP contribution in [0.4, 0.5) is 5.69 Å². The standard InChI is InChI=1S/C19H22N2O/c1-2-13-11-21-8-7-18-9-14(12-22)15(13)10-19(18,21)20-17-6-4-3-5-16(17)18/h2-6,9,15,20,22H,7-8,10-12H2,1H3/b13-2-/t15-,18+,19-/m0/s1. The minimum Gasteiger partial charge on any atom is -0.392 e. The largest absolute Gasteiger partial charge is 0.392 e. The molecule has 1 aromatic rings. The fourth-order valence-corrected chi connectivity index (χ4v) is 5.58. The molecule has 3 aliphatic heterocycles. The number of aliphatic hydroxyl groups is 1. The molecule has 114 valence electrons. The van der Waals surface area contributed by atoms with Crippen molar-refractivity contribution in [1.29, 1.82) is 0 Å². The van der Waals surface area contributed by atoms with Crippen molar-refractivity contribution in [2.75, 3.05) is 25.0 Å². The molecule has 0 unspecified atom stereocenters. The Morgan fingerprint density at radius 3 is 3.09 bits per heavy atom. The highest BCUT2D eigenvalue weighted by atomic mass is 16.3. The molecule has 0 saturated carbocycles. The van der Waals surface area contributed by atoms with Crippen LogP contribution < -0.4 is 5.32 Å². The second kappa shape index (κ2) is 4.03. The lowest BCUT2D eigenvalue weighted by Gasteiger charge is -2.54. The van der Waals surface area contributed by atoms with Gasteiger partial charge in [-0.25, -0.2) is 0 Å². The Morgan fingerprint density at radius 1 is 1.41 bits per heavy atom. The highest BCUT2D eigenvalue weighted by molar-refractivity contribution is 5.69. The lowest BCUT2D eigenvalue weighted by atomic mass is 9.61. The summed E-state index contributed by atoms with van der Waals surface area (Å²) in [4.78, 5) is 2.64. The van der Waals surface area contributed by atoms with E-state index in [1.807, 2.05) is 0 Å². The van der Waals surface area contributed by atoms with E-state index in [4.69, 9.17) is 0 Å². The average Bonchev–Trinajstić information content (AvgIpc) is 3.03. The summed E-state index contributed by atoms with van der Waals surface area (Å²) in [7, 11) is 0. The van der Waals surface area contributed by atoms with Gasteiger partial charge in [-0.1, -0.05) is 35.9 Å². The Kier molecular flexibility index (Phi) is 2.37. The molecule has 2 saturated heterocycles. The van der Waals surface area contributed by atoms with Crippen LogP contribution in [0.15, 0.2) is 47.6 Å². The number of nitrogens with zero attached hydrogens (tertiary/aromatic N) is 1. The Morgan fingerprint density at radius 2 is 2.27 bits per heavy atom. The maximum absolute atomic E-state index is 9.98. The van der Waals surface area contributed by atoms with Gasteiger partial charge in [0.05, 0.1) is 12.0 Å². The molecule has 2 fully saturated rings. The Labute approximate surface area is 131 Å². The summed E-state index contributed by atoms with van der Waals surface area (Å²) >= 11 is 0. The Bertz CT molecular complexity index is 722. The van der Waals surface area contributed by atoms with E-state index >= 15 is 0 Å². The zero-order chi connectivity index (χ0) is 14.9. The quantitative estimate of drug-likeness (QED) is 0.782. The smallest absolute Gasteiger partial charge is 0.105 e. The van der Waals surface area contributed by atoms with Crippen LogP contribution in [0.3, 0.4) is 0 Å². The lowest BCUT2D eigenvalue weighted by Crippen LogP contribution is -2.63. The van der Waals surface area contributed by atoms with Crippen molar-refractivity contribution >= 4 is 5.69 Å². The molecule has 5 rings (SSSR count). The number of piperidine rings is 1. The molecular weight excluding hydrogens is 272 g/mol. The van der Waals surface area contributed by atoms with E-state index in [2.05, 4.69) is 53.6 Å². The van der Waals surface area contributed by atoms with Gasteiger partial charge in [0.2, 0.25) is 0 Å². The van der Waals surface area contributed by atoms with Gasteiger partial charge in [-0.15, -0.1) is 0 Å². The first-order valence-corrected chi connectivity index (χ1v) is 8.34. The molecule has 4 aliphatic rings. The van der Waals surface area contributed by atoms with Crippen molar-refractivity contribution in [2.45, 2.75) is 30.8 Å². The highest BCUT2D eigenvalue weighted by Crippen LogP contribution is 2.63. The maximum atomic E-state index is 9.98. The molecule has 3 heteroatoms. The number of aliphatic hydroxyl groups excluding tert-OH is 1. The maximum Gasteiger partial charge on any atom is 0.105 e. The van der Waals surface area contributed by atoms with E-state index in [0.29, 0.717) is 5.92 Å². The van der Waals surface area contributed by atoms with Crippen LogP contribution in [0, 0.1) is 5.92 Å². The number of benzene rings is 1. The third-order valence-electron chi connectivity index (χ3n) is 6.56. The molecule has 1 spiro atoms. The third kappa shape index (κ3) is 1.23. The van der Waals surface area contributed by atoms with Crippen LogP contribution >= 0.6 is 0 Å². The summed E-state index contributed by atoms with van der Waals surface area (Å²) in [6.07, 6.45) is 6.90. The SMILES string of the molecule is C/C=C1/CN2CC[C@]34C=C(CO)[C@H]1C[C@]23Nc1ccccc14. The summed E-state index contributed by atoms with van der Waals surface area (Å²) in [5, 5.41) is 13.9. The predicted octanol–water partition coefficient (Wildman–Crippen LogP) is 2.65. The van der Waals surface area contributed by atoms with Crippen LogP contribution in [0.5, 0.6) is 0 Å². The van der Waals surface area contributed by atoms with Crippen molar-refractivity contribution in [3.63, 3.8) is 0 Å². The van der Waals surface area contributed by atoms with Gasteiger partial charge < -0.3 is 10.4 Å². The van der Waals surface area contributed by atoms with Gasteiger partial charge in [0, 0.05) is 24.7 Å². The molecule has 22 heavy (non-hydrogen) atoms. The number of hydrogen-bond donors (Lipinski definition) is 2. The zero-order valence-electron chi connectivity index (χ0n) is 13.0. The van der Waals surface area contributed by atoms with Gasteiger partial charge in [-0.05, 0) is 37.0 Å². The molecule has 2 N–H and O–H groups in total. The first-order chi connectivity index (χ1) is 10.7. The van der Waals surface area contributed by atoms with Crippen molar-refractivity contribution in [2.24, 2.45) is 5.92 Å². The van der Waals surface area contributed by atoms with Gasteiger partial charge in [-0.3, -0.25) is 4.90 Å². The van der Waals surface area contributed by atoms with Crippen molar-refractivity contribution in [1.82, 2.24) is 4.90 Å². The third-order valence-corrected chi connectivity index (χ3v) is 6.56. The average molecular weight is 294 g/mol. The first kappa shape index (κ1) is 12.9. The molecular formula is C19H22N2O. The van der Waals surface area contributed by atoms with E-state index in [1.54, 1.807) is 0 Å². The van der Waals surface area contributed by atoms with Crippen LogP contribution in [-0.4, -0.2) is 35.4 Å². The summed E-state index contributed by atoms with van der Waals surface area (Å²) in [6.45, 7) is 4.47. The van der Waals surface area contributed by atoms with E-state index in [9.17, 15) is 5.11 Å². The number of rotatable bonds is 1. The first-order valence-electron chi connectivity index (χ1n) is 8.34. The van der Waals surface area contributed by atoms with Crippen molar-refractivity contribution in [3.8, 4) is 0 Å². The molecule has 0 amide bonds. The Balaban J connectivity index is 1.79. The van der Waals surface area contributed by atoms with Gasteiger partial charge in [0.1, 0.15) is 5.66 Å². The minimum atomic E-state index is 0.0204. The Hall–Kier alpha value is -1.58. The summed E-state index contributed by atoms with van der Waals surface area (Å²) < 4.78 is 0. The summed E-state index contributed by atoms with van der Waals surface area (Å²) in [5.74, 6) is 0.402. The monoisotopic (exact) mass is 294 g/mol. The molecule has 0 radical (unpaired) electrons. The minimum absolute atomic E-state index is 0.0204. The number of allylic oxidation sites excluding steroid dienone is 1.